The van der Waals surface area contributed by atoms with Crippen molar-refractivity contribution in [3.8, 4) is 0 Å². The van der Waals surface area contributed by atoms with E-state index in [0.717, 1.165) is 0 Å². The predicted molar refractivity (Wildman–Crippen MR) is 47.3 cm³/mol. The second-order valence-electron chi connectivity index (χ2n) is 2.78. The zero-order chi connectivity index (χ0) is 12.0. The number of aliphatic hydroxyl groups is 3. The summed E-state index contributed by atoms with van der Waals surface area (Å²) < 4.78 is 0. The average Bonchev–Trinajstić information content (AvgIpc) is 2.25. The van der Waals surface area contributed by atoms with E-state index < -0.39 is 36.5 Å². The Kier molecular flexibility index (Phi) is 5.74. The van der Waals surface area contributed by atoms with Crippen molar-refractivity contribution in [3.63, 3.8) is 0 Å². The van der Waals surface area contributed by atoms with Crippen LogP contribution in [0.25, 0.3) is 0 Å². The molecule has 9 N–H and O–H groups in total. The number of nitrogens with one attached hydrogen (secondary N) is 2. The Morgan fingerprint density at radius 2 is 1.67 bits per heavy atom. The first kappa shape index (κ1) is 13.7. The highest BCUT2D eigenvalue weighted by atomic mass is 16.4. The van der Waals surface area contributed by atoms with Gasteiger partial charge in [0.2, 0.25) is 5.91 Å². The van der Waals surface area contributed by atoms with Gasteiger partial charge in [0.05, 0.1) is 12.5 Å². The number of aliphatic hydroxyl groups excluding tert-OH is 3. The average molecular weight is 222 g/mol. The van der Waals surface area contributed by atoms with Crippen molar-refractivity contribution in [2.45, 2.75) is 24.7 Å². The second-order valence-corrected chi connectivity index (χ2v) is 2.78. The van der Waals surface area contributed by atoms with Crippen LogP contribution in [0.4, 0.5) is 0 Å². The molecule has 9 nitrogen and oxygen atoms in total. The van der Waals surface area contributed by atoms with Crippen molar-refractivity contribution < 1.29 is 24.9 Å². The zero-order valence-electron chi connectivity index (χ0n) is 7.75. The molecule has 0 radical (unpaired) electrons. The van der Waals surface area contributed by atoms with Crippen LogP contribution in [0, 0.1) is 0 Å². The summed E-state index contributed by atoms with van der Waals surface area (Å²) in [5.74, 6) is 7.59. The molecule has 15 heavy (non-hydrogen) atoms. The number of hydrogen-bond donors (Lipinski definition) is 7. The van der Waals surface area contributed by atoms with Crippen molar-refractivity contribution in [1.82, 2.24) is 10.9 Å². The zero-order valence-corrected chi connectivity index (χ0v) is 7.75. The summed E-state index contributed by atoms with van der Waals surface area (Å²) >= 11 is 0. The van der Waals surface area contributed by atoms with Gasteiger partial charge in [0, 0.05) is 0 Å². The Bertz CT molecular complexity index is 236. The van der Waals surface area contributed by atoms with Gasteiger partial charge in [-0.15, -0.1) is 0 Å². The standard InChI is InChI=1S/C6H14N4O5/c7-9-3(12)1-2(11)4(13)5(14)6(15)10-8/h2,4-5,11,13-14H,1,7-8H2,(H,9,12)(H,10,15). The lowest BCUT2D eigenvalue weighted by molar-refractivity contribution is -0.143. The highest BCUT2D eigenvalue weighted by Crippen LogP contribution is 2.04. The molecule has 0 aliphatic carbocycles. The topological polar surface area (TPSA) is 171 Å². The number of rotatable bonds is 5. The van der Waals surface area contributed by atoms with Crippen LogP contribution in [0.1, 0.15) is 6.42 Å². The molecule has 0 saturated carbocycles. The lowest BCUT2D eigenvalue weighted by Crippen LogP contribution is -2.50. The largest absolute Gasteiger partial charge is 0.390 e. The minimum atomic E-state index is -1.92. The number of amides is 2. The quantitative estimate of drug-likeness (QED) is 0.139. The van der Waals surface area contributed by atoms with Gasteiger partial charge >= 0.3 is 0 Å². The Morgan fingerprint density at radius 1 is 1.13 bits per heavy atom. The molecule has 0 aromatic rings. The van der Waals surface area contributed by atoms with E-state index in [1.54, 1.807) is 10.9 Å². The van der Waals surface area contributed by atoms with E-state index >= 15 is 0 Å². The molecule has 0 spiro atoms. The molecule has 88 valence electrons. The molecule has 0 aromatic carbocycles. The summed E-state index contributed by atoms with van der Waals surface area (Å²) in [7, 11) is 0. The van der Waals surface area contributed by atoms with E-state index in [1.807, 2.05) is 0 Å². The minimum Gasteiger partial charge on any atom is -0.390 e. The Balaban J connectivity index is 4.24. The maximum atomic E-state index is 10.7. The molecule has 9 heteroatoms. The number of carbonyl (C=O) groups excluding carboxylic acids is 2. The molecule has 2 amide bonds. The molecule has 3 atom stereocenters. The van der Waals surface area contributed by atoms with E-state index in [9.17, 15) is 19.8 Å². The number of hydrazine groups is 2. The molecule has 0 fully saturated rings. The smallest absolute Gasteiger partial charge is 0.265 e. The van der Waals surface area contributed by atoms with Gasteiger partial charge in [-0.3, -0.25) is 20.4 Å². The van der Waals surface area contributed by atoms with Crippen LogP contribution < -0.4 is 22.5 Å². The lowest BCUT2D eigenvalue weighted by atomic mass is 10.0. The first-order valence-electron chi connectivity index (χ1n) is 3.98. The molecule has 3 unspecified atom stereocenters. The van der Waals surface area contributed by atoms with Crippen LogP contribution in [-0.2, 0) is 9.59 Å². The molecule has 0 saturated heterocycles. The summed E-state index contributed by atoms with van der Waals surface area (Å²) in [6, 6.07) is 0. The SMILES string of the molecule is NNC(=O)CC(O)C(O)C(O)C(=O)NN. The van der Waals surface area contributed by atoms with Crippen LogP contribution >= 0.6 is 0 Å². The van der Waals surface area contributed by atoms with E-state index in [2.05, 4.69) is 5.84 Å². The first-order chi connectivity index (χ1) is 6.93. The molecule has 0 aliphatic heterocycles. The highest BCUT2D eigenvalue weighted by molar-refractivity contribution is 5.81. The maximum Gasteiger partial charge on any atom is 0.265 e. The fourth-order valence-corrected chi connectivity index (χ4v) is 0.821. The van der Waals surface area contributed by atoms with E-state index in [4.69, 9.17) is 10.9 Å². The monoisotopic (exact) mass is 222 g/mol. The molecule has 0 aliphatic rings. The second kappa shape index (κ2) is 6.27. The molecule has 0 aromatic heterocycles. The predicted octanol–water partition coefficient (Wildman–Crippen LogP) is -4.56. The van der Waals surface area contributed by atoms with Gasteiger partial charge in [-0.1, -0.05) is 0 Å². The number of hydrogen-bond acceptors (Lipinski definition) is 7. The van der Waals surface area contributed by atoms with Crippen LogP contribution in [0.3, 0.4) is 0 Å². The van der Waals surface area contributed by atoms with E-state index in [1.165, 1.54) is 0 Å². The third kappa shape index (κ3) is 4.18. The highest BCUT2D eigenvalue weighted by Gasteiger charge is 2.30. The molecule has 0 rings (SSSR count). The minimum absolute atomic E-state index is 0.549. The third-order valence-corrected chi connectivity index (χ3v) is 1.68. The van der Waals surface area contributed by atoms with Crippen molar-refractivity contribution in [2.75, 3.05) is 0 Å². The van der Waals surface area contributed by atoms with Gasteiger partial charge in [-0.05, 0) is 0 Å². The van der Waals surface area contributed by atoms with E-state index in [0.29, 0.717) is 0 Å². The van der Waals surface area contributed by atoms with Gasteiger partial charge in [0.1, 0.15) is 6.10 Å². The summed E-state index contributed by atoms with van der Waals surface area (Å²) in [5.41, 5.74) is 3.30. The molecule has 0 bridgehead atoms. The fourth-order valence-electron chi connectivity index (χ4n) is 0.821. The van der Waals surface area contributed by atoms with Gasteiger partial charge in [0.15, 0.2) is 6.10 Å². The number of carbonyl (C=O) groups is 2. The maximum absolute atomic E-state index is 10.7. The van der Waals surface area contributed by atoms with Gasteiger partial charge in [0.25, 0.3) is 5.91 Å². The summed E-state index contributed by atoms with van der Waals surface area (Å²) in [4.78, 5) is 21.4. The lowest BCUT2D eigenvalue weighted by Gasteiger charge is -2.20. The molecular weight excluding hydrogens is 208 g/mol. The number of nitrogens with two attached hydrogens (primary N) is 2. The van der Waals surface area contributed by atoms with Crippen LogP contribution in [0.2, 0.25) is 0 Å². The summed E-state index contributed by atoms with van der Waals surface area (Å²) in [5, 5.41) is 27.5. The van der Waals surface area contributed by atoms with Crippen molar-refractivity contribution in [2.24, 2.45) is 11.7 Å². The first-order valence-corrected chi connectivity index (χ1v) is 3.98. The van der Waals surface area contributed by atoms with Crippen LogP contribution in [0.15, 0.2) is 0 Å². The van der Waals surface area contributed by atoms with Crippen LogP contribution in [-0.4, -0.2) is 45.4 Å². The molecule has 0 heterocycles. The Hall–Kier alpha value is -1.26. The van der Waals surface area contributed by atoms with Gasteiger partial charge < -0.3 is 15.3 Å². The van der Waals surface area contributed by atoms with E-state index in [-0.39, 0.29) is 0 Å². The summed E-state index contributed by atoms with van der Waals surface area (Å²) in [6.07, 6.45) is -5.92. The Labute approximate surface area is 85.0 Å². The van der Waals surface area contributed by atoms with Crippen molar-refractivity contribution >= 4 is 11.8 Å². The van der Waals surface area contributed by atoms with Gasteiger partial charge in [-0.25, -0.2) is 11.7 Å². The Morgan fingerprint density at radius 3 is 2.07 bits per heavy atom. The molecular formula is C6H14N4O5. The van der Waals surface area contributed by atoms with Gasteiger partial charge in [-0.2, -0.15) is 0 Å². The normalized spacial score (nSPS) is 16.3. The van der Waals surface area contributed by atoms with Crippen molar-refractivity contribution in [1.29, 1.82) is 0 Å². The fraction of sp³-hybridized carbons (Fsp3) is 0.667. The third-order valence-electron chi connectivity index (χ3n) is 1.68. The van der Waals surface area contributed by atoms with Crippen molar-refractivity contribution in [3.05, 3.63) is 0 Å². The van der Waals surface area contributed by atoms with Crippen LogP contribution in [0.5, 0.6) is 0 Å². The summed E-state index contributed by atoms with van der Waals surface area (Å²) in [6.45, 7) is 0.